The molecule has 0 radical (unpaired) electrons. The molecular formula is C19H23NO4S. The summed E-state index contributed by atoms with van der Waals surface area (Å²) in [6, 6.07) is 8.55. The predicted octanol–water partition coefficient (Wildman–Crippen LogP) is 2.91. The second kappa shape index (κ2) is 7.14. The SMILES string of the molecule is Cc1cc(-c2cccc(S(=O)(=O)COCCC3CC3)c2)cn(C)c1=O. The van der Waals surface area contributed by atoms with Crippen LogP contribution in [0.1, 0.15) is 24.8 Å². The Labute approximate surface area is 148 Å². The third-order valence-electron chi connectivity index (χ3n) is 4.49. The molecule has 0 bridgehead atoms. The molecule has 0 spiro atoms. The van der Waals surface area contributed by atoms with E-state index in [0.29, 0.717) is 12.2 Å². The maximum Gasteiger partial charge on any atom is 0.253 e. The van der Waals surface area contributed by atoms with Crippen molar-refractivity contribution in [3.8, 4) is 11.1 Å². The van der Waals surface area contributed by atoms with Gasteiger partial charge in [-0.2, -0.15) is 0 Å². The van der Waals surface area contributed by atoms with Gasteiger partial charge in [-0.1, -0.05) is 25.0 Å². The van der Waals surface area contributed by atoms with E-state index < -0.39 is 9.84 Å². The van der Waals surface area contributed by atoms with Crippen LogP contribution >= 0.6 is 0 Å². The van der Waals surface area contributed by atoms with E-state index in [2.05, 4.69) is 0 Å². The summed E-state index contributed by atoms with van der Waals surface area (Å²) >= 11 is 0. The molecule has 6 heteroatoms. The predicted molar refractivity (Wildman–Crippen MR) is 97.2 cm³/mol. The molecule has 0 aliphatic heterocycles. The highest BCUT2D eigenvalue weighted by atomic mass is 32.2. The molecule has 1 aliphatic rings. The van der Waals surface area contributed by atoms with E-state index in [1.807, 2.05) is 6.07 Å². The van der Waals surface area contributed by atoms with Crippen LogP contribution in [0.25, 0.3) is 11.1 Å². The molecule has 1 heterocycles. The average molecular weight is 361 g/mol. The molecule has 1 aromatic carbocycles. The fourth-order valence-corrected chi connectivity index (χ4v) is 3.86. The highest BCUT2D eigenvalue weighted by Crippen LogP contribution is 2.32. The fraction of sp³-hybridized carbons (Fsp3) is 0.421. The summed E-state index contributed by atoms with van der Waals surface area (Å²) in [5, 5.41) is 0. The minimum absolute atomic E-state index is 0.0587. The highest BCUT2D eigenvalue weighted by Gasteiger charge is 2.21. The van der Waals surface area contributed by atoms with Crippen LogP contribution in [-0.2, 0) is 21.6 Å². The lowest BCUT2D eigenvalue weighted by atomic mass is 10.1. The van der Waals surface area contributed by atoms with Gasteiger partial charge in [0, 0.05) is 25.4 Å². The van der Waals surface area contributed by atoms with Gasteiger partial charge in [0.25, 0.3) is 5.56 Å². The largest absolute Gasteiger partial charge is 0.365 e. The minimum Gasteiger partial charge on any atom is -0.365 e. The van der Waals surface area contributed by atoms with E-state index in [1.165, 1.54) is 17.4 Å². The van der Waals surface area contributed by atoms with E-state index in [-0.39, 0.29) is 16.4 Å². The summed E-state index contributed by atoms with van der Waals surface area (Å²) in [6.45, 7) is 2.24. The molecule has 1 aliphatic carbocycles. The Morgan fingerprint density at radius 2 is 1.96 bits per heavy atom. The van der Waals surface area contributed by atoms with Gasteiger partial charge in [0.05, 0.1) is 4.90 Å². The van der Waals surface area contributed by atoms with Gasteiger partial charge >= 0.3 is 0 Å². The summed E-state index contributed by atoms with van der Waals surface area (Å²) in [6.07, 6.45) is 5.12. The number of nitrogens with zero attached hydrogens (tertiary/aromatic N) is 1. The van der Waals surface area contributed by atoms with Gasteiger partial charge < -0.3 is 9.30 Å². The molecular weight excluding hydrogens is 338 g/mol. The zero-order valence-corrected chi connectivity index (χ0v) is 15.4. The fourth-order valence-electron chi connectivity index (χ4n) is 2.80. The Bertz CT molecular complexity index is 900. The summed E-state index contributed by atoms with van der Waals surface area (Å²) in [5.41, 5.74) is 2.14. The maximum atomic E-state index is 12.5. The van der Waals surface area contributed by atoms with Crippen LogP contribution in [0.4, 0.5) is 0 Å². The number of ether oxygens (including phenoxy) is 1. The molecule has 134 valence electrons. The number of sulfone groups is 1. The molecule has 3 rings (SSSR count). The zero-order valence-electron chi connectivity index (χ0n) is 14.6. The van der Waals surface area contributed by atoms with Crippen molar-refractivity contribution in [2.45, 2.75) is 31.1 Å². The van der Waals surface area contributed by atoms with Crippen LogP contribution in [-0.4, -0.2) is 25.5 Å². The van der Waals surface area contributed by atoms with E-state index >= 15 is 0 Å². The van der Waals surface area contributed by atoms with Crippen molar-refractivity contribution in [3.05, 3.63) is 52.4 Å². The average Bonchev–Trinajstić information content (AvgIpc) is 3.41. The van der Waals surface area contributed by atoms with E-state index in [0.717, 1.165) is 23.5 Å². The molecule has 0 amide bonds. The van der Waals surface area contributed by atoms with Crippen LogP contribution < -0.4 is 5.56 Å². The standard InChI is InChI=1S/C19H23NO4S/c1-14-10-17(12-20(2)19(14)21)16-4-3-5-18(11-16)25(22,23)13-24-9-8-15-6-7-15/h3-5,10-12,15H,6-9,13H2,1-2H3. The second-order valence-corrected chi connectivity index (χ2v) is 8.67. The Kier molecular flexibility index (Phi) is 5.11. The molecule has 5 nitrogen and oxygen atoms in total. The van der Waals surface area contributed by atoms with Gasteiger partial charge in [-0.3, -0.25) is 4.79 Å². The molecule has 0 unspecified atom stereocenters. The normalized spacial score (nSPS) is 14.6. The van der Waals surface area contributed by atoms with Gasteiger partial charge in [0.15, 0.2) is 5.94 Å². The topological polar surface area (TPSA) is 65.4 Å². The van der Waals surface area contributed by atoms with Gasteiger partial charge in [-0.05, 0) is 48.6 Å². The highest BCUT2D eigenvalue weighted by molar-refractivity contribution is 7.91. The van der Waals surface area contributed by atoms with Gasteiger partial charge in [0.2, 0.25) is 9.84 Å². The monoisotopic (exact) mass is 361 g/mol. The van der Waals surface area contributed by atoms with Crippen molar-refractivity contribution in [2.24, 2.45) is 13.0 Å². The first kappa shape index (κ1) is 17.9. The Hall–Kier alpha value is -1.92. The van der Waals surface area contributed by atoms with Gasteiger partial charge in [-0.25, -0.2) is 8.42 Å². The summed E-state index contributed by atoms with van der Waals surface area (Å²) in [4.78, 5) is 12.1. The molecule has 0 saturated heterocycles. The van der Waals surface area contributed by atoms with E-state index in [1.54, 1.807) is 44.4 Å². The molecule has 2 aromatic rings. The van der Waals surface area contributed by atoms with Gasteiger partial charge in [-0.15, -0.1) is 0 Å². The number of pyridine rings is 1. The number of benzene rings is 1. The van der Waals surface area contributed by atoms with Crippen LogP contribution in [0, 0.1) is 12.8 Å². The van der Waals surface area contributed by atoms with E-state index in [4.69, 9.17) is 4.74 Å². The Morgan fingerprint density at radius 1 is 1.20 bits per heavy atom. The first-order valence-electron chi connectivity index (χ1n) is 8.45. The van der Waals surface area contributed by atoms with Gasteiger partial charge in [0.1, 0.15) is 0 Å². The van der Waals surface area contributed by atoms with Crippen molar-refractivity contribution >= 4 is 9.84 Å². The number of rotatable bonds is 7. The second-order valence-electron chi connectivity index (χ2n) is 6.73. The maximum absolute atomic E-state index is 12.5. The molecule has 0 atom stereocenters. The van der Waals surface area contributed by atoms with Crippen LogP contribution in [0.3, 0.4) is 0 Å². The first-order valence-corrected chi connectivity index (χ1v) is 10.1. The molecule has 25 heavy (non-hydrogen) atoms. The lowest BCUT2D eigenvalue weighted by Crippen LogP contribution is -2.18. The number of hydrogen-bond donors (Lipinski definition) is 0. The van der Waals surface area contributed by atoms with Crippen molar-refractivity contribution < 1.29 is 13.2 Å². The van der Waals surface area contributed by atoms with Crippen LogP contribution in [0.15, 0.2) is 46.2 Å². The summed E-state index contributed by atoms with van der Waals surface area (Å²) in [7, 11) is -1.80. The van der Waals surface area contributed by atoms with Crippen LogP contribution in [0.5, 0.6) is 0 Å². The Balaban J connectivity index is 1.79. The third-order valence-corrected chi connectivity index (χ3v) is 5.94. The minimum atomic E-state index is -3.49. The molecule has 0 N–H and O–H groups in total. The summed E-state index contributed by atoms with van der Waals surface area (Å²) < 4.78 is 31.8. The lowest BCUT2D eigenvalue weighted by Gasteiger charge is -2.10. The lowest BCUT2D eigenvalue weighted by molar-refractivity contribution is 0.169. The molecule has 1 fully saturated rings. The quantitative estimate of drug-likeness (QED) is 0.711. The zero-order chi connectivity index (χ0) is 18.0. The number of hydrogen-bond acceptors (Lipinski definition) is 4. The first-order chi connectivity index (χ1) is 11.9. The van der Waals surface area contributed by atoms with Crippen LogP contribution in [0.2, 0.25) is 0 Å². The van der Waals surface area contributed by atoms with E-state index in [9.17, 15) is 13.2 Å². The Morgan fingerprint density at radius 3 is 2.64 bits per heavy atom. The van der Waals surface area contributed by atoms with Crippen molar-refractivity contribution in [1.29, 1.82) is 0 Å². The van der Waals surface area contributed by atoms with Crippen molar-refractivity contribution in [1.82, 2.24) is 4.57 Å². The number of aryl methyl sites for hydroxylation is 2. The molecule has 1 aromatic heterocycles. The smallest absolute Gasteiger partial charge is 0.253 e. The summed E-state index contributed by atoms with van der Waals surface area (Å²) in [5.74, 6) is 0.425. The van der Waals surface area contributed by atoms with Crippen molar-refractivity contribution in [2.75, 3.05) is 12.5 Å². The third kappa shape index (κ3) is 4.38. The molecule has 1 saturated carbocycles. The van der Waals surface area contributed by atoms with Crippen molar-refractivity contribution in [3.63, 3.8) is 0 Å². The number of aromatic nitrogens is 1.